The summed E-state index contributed by atoms with van der Waals surface area (Å²) in [5, 5.41) is 5.45. The Balaban J connectivity index is 1.63. The molecule has 0 bridgehead atoms. The van der Waals surface area contributed by atoms with Crippen LogP contribution in [-0.2, 0) is 0 Å². The lowest BCUT2D eigenvalue weighted by molar-refractivity contribution is 0.0961. The first kappa shape index (κ1) is 22.2. The van der Waals surface area contributed by atoms with Gasteiger partial charge in [-0.1, -0.05) is 29.3 Å². The normalized spacial score (nSPS) is 10.2. The van der Waals surface area contributed by atoms with Crippen molar-refractivity contribution in [3.8, 4) is 23.0 Å². The van der Waals surface area contributed by atoms with Gasteiger partial charge in [-0.25, -0.2) is 9.78 Å². The molecule has 160 valence electrons. The van der Waals surface area contributed by atoms with Gasteiger partial charge in [-0.05, 0) is 36.4 Å². The summed E-state index contributed by atoms with van der Waals surface area (Å²) in [6, 6.07) is 12.0. The lowest BCUT2D eigenvalue weighted by Gasteiger charge is -2.13. The fourth-order valence-corrected chi connectivity index (χ4v) is 2.87. The van der Waals surface area contributed by atoms with Crippen LogP contribution in [0, 0.1) is 0 Å². The van der Waals surface area contributed by atoms with Gasteiger partial charge >= 0.3 is 6.03 Å². The molecular weight excluding hydrogens is 445 g/mol. The van der Waals surface area contributed by atoms with Gasteiger partial charge < -0.3 is 14.2 Å². The van der Waals surface area contributed by atoms with Crippen LogP contribution < -0.4 is 24.8 Å². The highest BCUT2D eigenvalue weighted by atomic mass is 35.5. The summed E-state index contributed by atoms with van der Waals surface area (Å²) in [5.74, 6) is 0.952. The number of hydrogen-bond acceptors (Lipinski definition) is 6. The monoisotopic (exact) mass is 461 g/mol. The summed E-state index contributed by atoms with van der Waals surface area (Å²) in [4.78, 5) is 28.8. The fraction of sp³-hybridized carbons (Fsp3) is 0.0952. The Kier molecular flexibility index (Phi) is 7.17. The molecule has 3 rings (SSSR count). The van der Waals surface area contributed by atoms with Gasteiger partial charge in [0.15, 0.2) is 0 Å². The number of anilines is 1. The smallest absolute Gasteiger partial charge is 0.327 e. The van der Waals surface area contributed by atoms with Crippen molar-refractivity contribution in [2.75, 3.05) is 19.5 Å². The molecular formula is C21H17Cl2N3O5. The van der Waals surface area contributed by atoms with Gasteiger partial charge in [-0.15, -0.1) is 0 Å². The third-order valence-corrected chi connectivity index (χ3v) is 4.73. The third-order valence-electron chi connectivity index (χ3n) is 3.99. The number of halogens is 2. The van der Waals surface area contributed by atoms with Crippen LogP contribution in [0.1, 0.15) is 10.4 Å². The number of amides is 3. The second-order valence-electron chi connectivity index (χ2n) is 6.00. The van der Waals surface area contributed by atoms with Gasteiger partial charge in [0.05, 0.1) is 30.5 Å². The zero-order valence-corrected chi connectivity index (χ0v) is 18.0. The van der Waals surface area contributed by atoms with Crippen molar-refractivity contribution in [1.82, 2.24) is 10.3 Å². The number of nitrogens with one attached hydrogen (secondary N) is 2. The van der Waals surface area contributed by atoms with Crippen molar-refractivity contribution in [3.63, 3.8) is 0 Å². The van der Waals surface area contributed by atoms with E-state index in [1.165, 1.54) is 26.5 Å². The van der Waals surface area contributed by atoms with E-state index in [2.05, 4.69) is 15.6 Å². The first-order valence-electron chi connectivity index (χ1n) is 8.83. The molecule has 1 aromatic heterocycles. The quantitative estimate of drug-likeness (QED) is 0.525. The van der Waals surface area contributed by atoms with Crippen molar-refractivity contribution < 1.29 is 23.8 Å². The molecule has 0 spiro atoms. The summed E-state index contributed by atoms with van der Waals surface area (Å²) < 4.78 is 16.0. The molecule has 0 saturated heterocycles. The predicted molar refractivity (Wildman–Crippen MR) is 117 cm³/mol. The highest BCUT2D eigenvalue weighted by Gasteiger charge is 2.20. The van der Waals surface area contributed by atoms with Crippen LogP contribution in [0.5, 0.6) is 23.0 Å². The first-order chi connectivity index (χ1) is 14.9. The summed E-state index contributed by atoms with van der Waals surface area (Å²) in [6.45, 7) is 0. The molecule has 0 unspecified atom stereocenters. The van der Waals surface area contributed by atoms with Gasteiger partial charge in [0, 0.05) is 6.07 Å². The number of rotatable bonds is 6. The average Bonchev–Trinajstić information content (AvgIpc) is 2.76. The SMILES string of the molecule is COc1cccc(OC)c1C(=O)NC(=O)Nc1ccc(Oc2ccc(Cl)c(Cl)c2)cn1. The lowest BCUT2D eigenvalue weighted by Crippen LogP contribution is -2.35. The Morgan fingerprint density at radius 1 is 0.903 bits per heavy atom. The molecule has 0 aliphatic heterocycles. The number of carbonyl (C=O) groups excluding carboxylic acids is 2. The van der Waals surface area contributed by atoms with Crippen LogP contribution in [0.4, 0.5) is 10.6 Å². The maximum Gasteiger partial charge on any atom is 0.327 e. The molecule has 0 aliphatic carbocycles. The Morgan fingerprint density at radius 2 is 1.58 bits per heavy atom. The molecule has 0 atom stereocenters. The number of carbonyl (C=O) groups is 2. The Bertz CT molecular complexity index is 1080. The maximum atomic E-state index is 12.5. The van der Waals surface area contributed by atoms with E-state index < -0.39 is 11.9 Å². The van der Waals surface area contributed by atoms with Crippen molar-refractivity contribution in [3.05, 3.63) is 70.3 Å². The van der Waals surface area contributed by atoms with Gasteiger partial charge in [0.25, 0.3) is 5.91 Å². The number of hydrogen-bond donors (Lipinski definition) is 2. The molecule has 8 nitrogen and oxygen atoms in total. The highest BCUT2D eigenvalue weighted by molar-refractivity contribution is 6.42. The van der Waals surface area contributed by atoms with E-state index in [0.717, 1.165) is 0 Å². The fourth-order valence-electron chi connectivity index (χ4n) is 2.58. The molecule has 10 heteroatoms. The first-order valence-corrected chi connectivity index (χ1v) is 9.59. The standard InChI is InChI=1S/C21H17Cl2N3O5/c1-29-16-4-3-5-17(30-2)19(16)20(27)26-21(28)25-18-9-7-13(11-24-18)31-12-6-8-14(22)15(23)10-12/h3-11H,1-2H3,(H2,24,25,26,27,28). The van der Waals surface area contributed by atoms with Crippen LogP contribution in [0.15, 0.2) is 54.7 Å². The second kappa shape index (κ2) is 10.0. The number of methoxy groups -OCH3 is 2. The van der Waals surface area contributed by atoms with Crippen LogP contribution >= 0.6 is 23.2 Å². The second-order valence-corrected chi connectivity index (χ2v) is 6.82. The molecule has 0 fully saturated rings. The molecule has 0 saturated carbocycles. The van der Waals surface area contributed by atoms with E-state index in [0.29, 0.717) is 21.5 Å². The van der Waals surface area contributed by atoms with Crippen molar-refractivity contribution in [2.24, 2.45) is 0 Å². The molecule has 3 aromatic rings. The average molecular weight is 462 g/mol. The van der Waals surface area contributed by atoms with E-state index in [1.807, 2.05) is 0 Å². The number of aromatic nitrogens is 1. The Morgan fingerprint density at radius 3 is 2.16 bits per heavy atom. The van der Waals surface area contributed by atoms with Crippen molar-refractivity contribution >= 4 is 41.0 Å². The third kappa shape index (κ3) is 5.56. The van der Waals surface area contributed by atoms with Crippen molar-refractivity contribution in [2.45, 2.75) is 0 Å². The topological polar surface area (TPSA) is 98.8 Å². The van der Waals surface area contributed by atoms with Crippen LogP contribution in [0.3, 0.4) is 0 Å². The Labute approximate surface area is 188 Å². The van der Waals surface area contributed by atoms with Gasteiger partial charge in [0.1, 0.15) is 34.4 Å². The van der Waals surface area contributed by atoms with Gasteiger partial charge in [-0.3, -0.25) is 15.4 Å². The highest BCUT2D eigenvalue weighted by Crippen LogP contribution is 2.30. The summed E-state index contributed by atoms with van der Waals surface area (Å²) in [5.41, 5.74) is 0.0981. The molecule has 3 amide bonds. The Hall–Kier alpha value is -3.49. The van der Waals surface area contributed by atoms with Gasteiger partial charge in [-0.2, -0.15) is 0 Å². The minimum absolute atomic E-state index is 0.0981. The van der Waals surface area contributed by atoms with Gasteiger partial charge in [0.2, 0.25) is 0 Å². The summed E-state index contributed by atoms with van der Waals surface area (Å²) >= 11 is 11.8. The number of imide groups is 1. The number of benzene rings is 2. The number of nitrogens with zero attached hydrogens (tertiary/aromatic N) is 1. The van der Waals surface area contributed by atoms with E-state index in [4.69, 9.17) is 37.4 Å². The van der Waals surface area contributed by atoms with Crippen LogP contribution in [-0.4, -0.2) is 31.1 Å². The summed E-state index contributed by atoms with van der Waals surface area (Å²) in [6.07, 6.45) is 1.41. The number of ether oxygens (including phenoxy) is 3. The molecule has 1 heterocycles. The molecule has 31 heavy (non-hydrogen) atoms. The minimum atomic E-state index is -0.774. The van der Waals surface area contributed by atoms with E-state index in [1.54, 1.807) is 42.5 Å². The number of pyridine rings is 1. The largest absolute Gasteiger partial charge is 0.496 e. The molecule has 0 aliphatic rings. The summed E-state index contributed by atoms with van der Waals surface area (Å²) in [7, 11) is 2.83. The predicted octanol–water partition coefficient (Wildman–Crippen LogP) is 5.16. The van der Waals surface area contributed by atoms with E-state index in [9.17, 15) is 9.59 Å². The molecule has 2 aromatic carbocycles. The maximum absolute atomic E-state index is 12.5. The zero-order chi connectivity index (χ0) is 22.4. The number of urea groups is 1. The lowest BCUT2D eigenvalue weighted by atomic mass is 10.1. The van der Waals surface area contributed by atoms with E-state index >= 15 is 0 Å². The molecule has 0 radical (unpaired) electrons. The van der Waals surface area contributed by atoms with Crippen molar-refractivity contribution in [1.29, 1.82) is 0 Å². The zero-order valence-electron chi connectivity index (χ0n) is 16.4. The van der Waals surface area contributed by atoms with Crippen LogP contribution in [0.2, 0.25) is 10.0 Å². The van der Waals surface area contributed by atoms with Crippen LogP contribution in [0.25, 0.3) is 0 Å². The van der Waals surface area contributed by atoms with E-state index in [-0.39, 0.29) is 22.9 Å². The minimum Gasteiger partial charge on any atom is -0.496 e. The molecule has 2 N–H and O–H groups in total.